The van der Waals surface area contributed by atoms with Crippen LogP contribution in [0.1, 0.15) is 28.9 Å². The molecule has 2 aromatic heterocycles. The highest BCUT2D eigenvalue weighted by Gasteiger charge is 2.30. The molecule has 1 aliphatic rings. The van der Waals surface area contributed by atoms with Crippen LogP contribution in [0.5, 0.6) is 0 Å². The Labute approximate surface area is 121 Å². The largest absolute Gasteiger partial charge is 0.347 e. The number of nitrogens with zero attached hydrogens (tertiary/aromatic N) is 3. The van der Waals surface area contributed by atoms with Gasteiger partial charge in [-0.15, -0.1) is 11.3 Å². The highest BCUT2D eigenvalue weighted by atomic mass is 32.1. The zero-order valence-electron chi connectivity index (χ0n) is 10.8. The van der Waals surface area contributed by atoms with E-state index < -0.39 is 0 Å². The molecule has 1 aliphatic heterocycles. The summed E-state index contributed by atoms with van der Waals surface area (Å²) in [6.07, 6.45) is 2.61. The van der Waals surface area contributed by atoms with Crippen molar-refractivity contribution in [3.8, 4) is 0 Å². The Bertz CT molecular complexity index is 690. The molecule has 3 aromatic rings. The Kier molecular flexibility index (Phi) is 2.77. The van der Waals surface area contributed by atoms with Gasteiger partial charge < -0.3 is 5.32 Å². The molecule has 5 heteroatoms. The first-order valence-corrected chi connectivity index (χ1v) is 7.54. The van der Waals surface area contributed by atoms with Gasteiger partial charge in [-0.3, -0.25) is 0 Å². The van der Waals surface area contributed by atoms with E-state index in [1.54, 1.807) is 17.7 Å². The normalized spacial score (nSPS) is 21.2. The molecule has 0 spiro atoms. The summed E-state index contributed by atoms with van der Waals surface area (Å²) >= 11 is 1.78. The smallest absolute Gasteiger partial charge is 0.222 e. The minimum absolute atomic E-state index is 0.238. The molecule has 3 heterocycles. The first-order chi connectivity index (χ1) is 9.92. The molecule has 1 N–H and O–H groups in total. The fraction of sp³-hybridized carbons (Fsp3) is 0.200. The van der Waals surface area contributed by atoms with Crippen molar-refractivity contribution >= 4 is 17.3 Å². The molecule has 20 heavy (non-hydrogen) atoms. The summed E-state index contributed by atoms with van der Waals surface area (Å²) in [6, 6.07) is 15.3. The van der Waals surface area contributed by atoms with Gasteiger partial charge >= 0.3 is 0 Å². The van der Waals surface area contributed by atoms with Gasteiger partial charge in [0, 0.05) is 4.88 Å². The summed E-state index contributed by atoms with van der Waals surface area (Å²) in [5.74, 6) is 0.850. The number of benzene rings is 1. The van der Waals surface area contributed by atoms with Crippen molar-refractivity contribution in [1.82, 2.24) is 14.8 Å². The monoisotopic (exact) mass is 282 g/mol. The van der Waals surface area contributed by atoms with Gasteiger partial charge in [0.15, 0.2) is 0 Å². The number of hydrogen-bond acceptors (Lipinski definition) is 4. The van der Waals surface area contributed by atoms with E-state index in [1.165, 1.54) is 10.4 Å². The predicted octanol–water partition coefficient (Wildman–Crippen LogP) is 3.49. The molecule has 1 aromatic carbocycles. The third-order valence-corrected chi connectivity index (χ3v) is 4.69. The van der Waals surface area contributed by atoms with E-state index in [0.717, 1.165) is 12.4 Å². The number of aromatic nitrogens is 3. The number of thiophene rings is 1. The van der Waals surface area contributed by atoms with Crippen LogP contribution in [0.2, 0.25) is 0 Å². The molecule has 0 saturated heterocycles. The van der Waals surface area contributed by atoms with Crippen molar-refractivity contribution < 1.29 is 0 Å². The molecule has 100 valence electrons. The molecule has 4 rings (SSSR count). The fourth-order valence-electron chi connectivity index (χ4n) is 2.75. The number of nitrogens with one attached hydrogen (secondary N) is 1. The maximum Gasteiger partial charge on any atom is 0.222 e. The highest BCUT2D eigenvalue weighted by molar-refractivity contribution is 7.10. The Morgan fingerprint density at radius 3 is 2.85 bits per heavy atom. The number of rotatable bonds is 2. The average molecular weight is 282 g/mol. The first kappa shape index (κ1) is 11.7. The maximum atomic E-state index is 4.38. The van der Waals surface area contributed by atoms with E-state index in [9.17, 15) is 0 Å². The van der Waals surface area contributed by atoms with E-state index in [1.807, 2.05) is 10.7 Å². The number of fused-ring (bicyclic) bond motifs is 1. The lowest BCUT2D eigenvalue weighted by Crippen LogP contribution is -2.27. The molecule has 0 amide bonds. The Balaban J connectivity index is 1.75. The second-order valence-electron chi connectivity index (χ2n) is 4.90. The summed E-state index contributed by atoms with van der Waals surface area (Å²) in [4.78, 5) is 5.69. The predicted molar refractivity (Wildman–Crippen MR) is 79.9 cm³/mol. The lowest BCUT2D eigenvalue weighted by Gasteiger charge is -2.31. The standard InChI is InChI=1S/C15H14N4S/c1-2-5-11(6-3-1)13-9-12(14-7-4-8-20-14)18-15-16-10-17-19(13)15/h1-8,10,12-13H,9H2,(H,16,17,18)/t12-,13+/m1/s1. The first-order valence-electron chi connectivity index (χ1n) is 6.66. The van der Waals surface area contributed by atoms with E-state index >= 15 is 0 Å². The zero-order chi connectivity index (χ0) is 13.4. The van der Waals surface area contributed by atoms with Crippen molar-refractivity contribution in [2.24, 2.45) is 0 Å². The molecule has 2 atom stereocenters. The Morgan fingerprint density at radius 1 is 1.15 bits per heavy atom. The van der Waals surface area contributed by atoms with Gasteiger partial charge in [-0.05, 0) is 23.4 Å². The molecular weight excluding hydrogens is 268 g/mol. The molecule has 0 aliphatic carbocycles. The van der Waals surface area contributed by atoms with E-state index in [4.69, 9.17) is 0 Å². The molecule has 0 unspecified atom stereocenters. The quantitative estimate of drug-likeness (QED) is 0.782. The average Bonchev–Trinajstić information content (AvgIpc) is 3.18. The van der Waals surface area contributed by atoms with Crippen molar-refractivity contribution in [2.45, 2.75) is 18.5 Å². The van der Waals surface area contributed by atoms with E-state index in [0.29, 0.717) is 6.04 Å². The summed E-state index contributed by atoms with van der Waals surface area (Å²) in [5.41, 5.74) is 1.28. The van der Waals surface area contributed by atoms with Crippen LogP contribution < -0.4 is 5.32 Å². The van der Waals surface area contributed by atoms with Gasteiger partial charge in [0.25, 0.3) is 0 Å². The third kappa shape index (κ3) is 1.91. The summed E-state index contributed by atoms with van der Waals surface area (Å²) < 4.78 is 1.99. The van der Waals surface area contributed by atoms with Gasteiger partial charge in [-0.1, -0.05) is 36.4 Å². The minimum atomic E-state index is 0.238. The van der Waals surface area contributed by atoms with Gasteiger partial charge in [-0.2, -0.15) is 10.1 Å². The van der Waals surface area contributed by atoms with Gasteiger partial charge in [-0.25, -0.2) is 4.68 Å². The van der Waals surface area contributed by atoms with Crippen LogP contribution in [0.3, 0.4) is 0 Å². The van der Waals surface area contributed by atoms with E-state index in [2.05, 4.69) is 57.2 Å². The van der Waals surface area contributed by atoms with E-state index in [-0.39, 0.29) is 6.04 Å². The summed E-state index contributed by atoms with van der Waals surface area (Å²) in [6.45, 7) is 0. The van der Waals surface area contributed by atoms with Crippen LogP contribution in [0.25, 0.3) is 0 Å². The van der Waals surface area contributed by atoms with Crippen molar-refractivity contribution in [2.75, 3.05) is 5.32 Å². The molecule has 0 radical (unpaired) electrons. The van der Waals surface area contributed by atoms with Crippen LogP contribution in [-0.4, -0.2) is 14.8 Å². The lowest BCUT2D eigenvalue weighted by atomic mass is 9.97. The number of anilines is 1. The van der Waals surface area contributed by atoms with Crippen molar-refractivity contribution in [3.05, 3.63) is 64.6 Å². The van der Waals surface area contributed by atoms with Crippen LogP contribution in [0, 0.1) is 0 Å². The second-order valence-corrected chi connectivity index (χ2v) is 5.88. The van der Waals surface area contributed by atoms with Crippen LogP contribution in [-0.2, 0) is 0 Å². The fourth-order valence-corrected chi connectivity index (χ4v) is 3.54. The minimum Gasteiger partial charge on any atom is -0.347 e. The maximum absolute atomic E-state index is 4.38. The van der Waals surface area contributed by atoms with Gasteiger partial charge in [0.05, 0.1) is 12.1 Å². The van der Waals surface area contributed by atoms with Gasteiger partial charge in [0.2, 0.25) is 5.95 Å². The summed E-state index contributed by atoms with van der Waals surface area (Å²) in [5, 5.41) is 9.97. The topological polar surface area (TPSA) is 42.7 Å². The van der Waals surface area contributed by atoms with Crippen molar-refractivity contribution in [3.63, 3.8) is 0 Å². The molecule has 0 fully saturated rings. The lowest BCUT2D eigenvalue weighted by molar-refractivity contribution is 0.433. The summed E-state index contributed by atoms with van der Waals surface area (Å²) in [7, 11) is 0. The van der Waals surface area contributed by atoms with Crippen LogP contribution in [0.15, 0.2) is 54.2 Å². The molecule has 0 saturated carbocycles. The highest BCUT2D eigenvalue weighted by Crippen LogP contribution is 2.38. The molecule has 4 nitrogen and oxygen atoms in total. The molecular formula is C15H14N4S. The van der Waals surface area contributed by atoms with Crippen LogP contribution >= 0.6 is 11.3 Å². The van der Waals surface area contributed by atoms with Crippen LogP contribution in [0.4, 0.5) is 5.95 Å². The Morgan fingerprint density at radius 2 is 2.05 bits per heavy atom. The third-order valence-electron chi connectivity index (χ3n) is 3.70. The SMILES string of the molecule is c1ccc([C@@H]2C[C@H](c3cccs3)Nc3ncnn32)cc1. The number of hydrogen-bond donors (Lipinski definition) is 1. The van der Waals surface area contributed by atoms with Gasteiger partial charge in [0.1, 0.15) is 6.33 Å². The Hall–Kier alpha value is -2.14. The molecule has 0 bridgehead atoms. The zero-order valence-corrected chi connectivity index (χ0v) is 11.6. The second kappa shape index (κ2) is 4.76. The van der Waals surface area contributed by atoms with Crippen molar-refractivity contribution in [1.29, 1.82) is 0 Å².